The average molecular weight is 379 g/mol. The molecule has 1 aromatic rings. The molecular weight excluding hydrogens is 360 g/mol. The van der Waals surface area contributed by atoms with Gasteiger partial charge in [0.15, 0.2) is 0 Å². The van der Waals surface area contributed by atoms with E-state index in [0.29, 0.717) is 5.02 Å². The van der Waals surface area contributed by atoms with E-state index in [9.17, 15) is 14.4 Å². The number of amides is 2. The van der Waals surface area contributed by atoms with Gasteiger partial charge in [0.1, 0.15) is 6.61 Å². The van der Waals surface area contributed by atoms with Crippen molar-refractivity contribution in [2.75, 3.05) is 13.2 Å². The summed E-state index contributed by atoms with van der Waals surface area (Å²) in [5, 5.41) is 5.64. The van der Waals surface area contributed by atoms with Crippen LogP contribution in [0.3, 0.4) is 0 Å². The Bertz CT molecular complexity index is 755. The van der Waals surface area contributed by atoms with Crippen LogP contribution in [-0.2, 0) is 19.1 Å². The molecule has 0 spiro atoms. The largest absolute Gasteiger partial charge is 0.463 e. The molecule has 0 radical (unpaired) electrons. The third kappa shape index (κ3) is 5.35. The van der Waals surface area contributed by atoms with Gasteiger partial charge in [-0.1, -0.05) is 23.7 Å². The molecule has 1 heterocycles. The zero-order chi connectivity index (χ0) is 19.1. The minimum Gasteiger partial charge on any atom is -0.463 e. The predicted molar refractivity (Wildman–Crippen MR) is 96.2 cm³/mol. The second kappa shape index (κ2) is 9.05. The minimum absolute atomic E-state index is 0.194. The number of halogens is 1. The lowest BCUT2D eigenvalue weighted by molar-refractivity contribution is -0.140. The third-order valence-electron chi connectivity index (χ3n) is 3.51. The zero-order valence-corrected chi connectivity index (χ0v) is 15.1. The molecule has 0 saturated heterocycles. The van der Waals surface area contributed by atoms with Crippen LogP contribution in [-0.4, -0.2) is 37.2 Å². The molecule has 0 bridgehead atoms. The summed E-state index contributed by atoms with van der Waals surface area (Å²) >= 11 is 5.80. The second-order valence-electron chi connectivity index (χ2n) is 5.43. The van der Waals surface area contributed by atoms with Crippen LogP contribution in [0.2, 0.25) is 5.02 Å². The van der Waals surface area contributed by atoms with E-state index in [2.05, 4.69) is 10.6 Å². The molecule has 8 heteroatoms. The highest BCUT2D eigenvalue weighted by Gasteiger charge is 2.30. The third-order valence-corrected chi connectivity index (χ3v) is 3.76. The van der Waals surface area contributed by atoms with Gasteiger partial charge in [-0.05, 0) is 37.6 Å². The number of urea groups is 1. The fraction of sp³-hybridized carbons (Fsp3) is 0.278. The molecule has 2 rings (SSSR count). The summed E-state index contributed by atoms with van der Waals surface area (Å²) in [6.45, 7) is 3.27. The Hall–Kier alpha value is -2.80. The van der Waals surface area contributed by atoms with Crippen LogP contribution in [0.4, 0.5) is 4.79 Å². The monoisotopic (exact) mass is 378 g/mol. The summed E-state index contributed by atoms with van der Waals surface area (Å²) in [4.78, 5) is 35.6. The first-order valence-corrected chi connectivity index (χ1v) is 8.36. The van der Waals surface area contributed by atoms with Crippen molar-refractivity contribution in [3.63, 3.8) is 0 Å². The lowest BCUT2D eigenvalue weighted by atomic mass is 10.0. The number of rotatable bonds is 6. The van der Waals surface area contributed by atoms with Crippen molar-refractivity contribution in [1.29, 1.82) is 0 Å². The highest BCUT2D eigenvalue weighted by atomic mass is 35.5. The summed E-state index contributed by atoms with van der Waals surface area (Å²) in [5.41, 5.74) is 1.20. The number of esters is 2. The van der Waals surface area contributed by atoms with E-state index in [1.807, 2.05) is 0 Å². The summed E-state index contributed by atoms with van der Waals surface area (Å²) in [6, 6.07) is 5.88. The maximum atomic E-state index is 12.1. The molecule has 0 aliphatic carbocycles. The van der Waals surface area contributed by atoms with Crippen molar-refractivity contribution < 1.29 is 23.9 Å². The first kappa shape index (κ1) is 19.5. The summed E-state index contributed by atoms with van der Waals surface area (Å²) in [7, 11) is 0. The molecule has 2 N–H and O–H groups in total. The number of hydrogen-bond acceptors (Lipinski definition) is 5. The smallest absolute Gasteiger partial charge is 0.338 e. The van der Waals surface area contributed by atoms with Crippen LogP contribution in [0.15, 0.2) is 41.6 Å². The number of hydrogen-bond donors (Lipinski definition) is 2. The fourth-order valence-electron chi connectivity index (χ4n) is 2.32. The summed E-state index contributed by atoms with van der Waals surface area (Å²) in [5.74, 6) is -1.19. The van der Waals surface area contributed by atoms with E-state index >= 15 is 0 Å². The van der Waals surface area contributed by atoms with Gasteiger partial charge in [0, 0.05) is 11.1 Å². The van der Waals surface area contributed by atoms with E-state index in [0.717, 1.165) is 5.56 Å². The summed E-state index contributed by atoms with van der Waals surface area (Å²) < 4.78 is 10.1. The topological polar surface area (TPSA) is 93.7 Å². The number of carbonyl (C=O) groups excluding carboxylic acids is 3. The van der Waals surface area contributed by atoms with Crippen LogP contribution < -0.4 is 10.6 Å². The Morgan fingerprint density at radius 1 is 1.23 bits per heavy atom. The molecule has 0 aromatic heterocycles. The maximum Gasteiger partial charge on any atom is 0.338 e. The number of carbonyl (C=O) groups is 3. The van der Waals surface area contributed by atoms with Gasteiger partial charge < -0.3 is 20.1 Å². The highest BCUT2D eigenvalue weighted by molar-refractivity contribution is 6.30. The Balaban J connectivity index is 2.05. The van der Waals surface area contributed by atoms with E-state index in [4.69, 9.17) is 21.1 Å². The Morgan fingerprint density at radius 2 is 1.92 bits per heavy atom. The quantitative estimate of drug-likeness (QED) is 0.585. The van der Waals surface area contributed by atoms with E-state index < -0.39 is 24.0 Å². The number of ether oxygens (including phenoxy) is 2. The van der Waals surface area contributed by atoms with Gasteiger partial charge in [-0.15, -0.1) is 0 Å². The Labute approximate surface area is 156 Å². The van der Waals surface area contributed by atoms with Crippen LogP contribution in [0.5, 0.6) is 0 Å². The van der Waals surface area contributed by atoms with Crippen molar-refractivity contribution in [3.05, 3.63) is 52.2 Å². The van der Waals surface area contributed by atoms with Gasteiger partial charge >= 0.3 is 18.0 Å². The van der Waals surface area contributed by atoms with Gasteiger partial charge in [0.05, 0.1) is 23.9 Å². The second-order valence-corrected chi connectivity index (χ2v) is 5.86. The normalized spacial score (nSPS) is 16.9. The molecular formula is C18H19ClN2O5. The SMILES string of the molecule is CCOC(=O)C1=C(COC(=O)/C=C/c2ccc(Cl)cc2)NC(=O)N[C@H]1C. The molecule has 1 aromatic carbocycles. The molecule has 0 fully saturated rings. The molecule has 26 heavy (non-hydrogen) atoms. The molecule has 2 amide bonds. The van der Waals surface area contributed by atoms with Gasteiger partial charge in [-0.2, -0.15) is 0 Å². The first-order valence-electron chi connectivity index (χ1n) is 7.98. The Morgan fingerprint density at radius 3 is 2.58 bits per heavy atom. The van der Waals surface area contributed by atoms with Gasteiger partial charge in [0.25, 0.3) is 0 Å². The molecule has 7 nitrogen and oxygen atoms in total. The van der Waals surface area contributed by atoms with E-state index in [1.54, 1.807) is 44.2 Å². The van der Waals surface area contributed by atoms with Crippen molar-refractivity contribution in [2.24, 2.45) is 0 Å². The minimum atomic E-state index is -0.615. The van der Waals surface area contributed by atoms with E-state index in [1.165, 1.54) is 6.08 Å². The average Bonchev–Trinajstić information content (AvgIpc) is 2.59. The van der Waals surface area contributed by atoms with Crippen molar-refractivity contribution in [2.45, 2.75) is 19.9 Å². The molecule has 1 atom stereocenters. The van der Waals surface area contributed by atoms with Crippen LogP contribution in [0, 0.1) is 0 Å². The Kier molecular flexibility index (Phi) is 6.80. The molecule has 0 unspecified atom stereocenters. The van der Waals surface area contributed by atoms with Gasteiger partial charge in [-0.25, -0.2) is 14.4 Å². The molecule has 0 saturated carbocycles. The van der Waals surface area contributed by atoms with Crippen molar-refractivity contribution in [1.82, 2.24) is 10.6 Å². The van der Waals surface area contributed by atoms with Crippen LogP contribution in [0.25, 0.3) is 6.08 Å². The van der Waals surface area contributed by atoms with Crippen LogP contribution >= 0.6 is 11.6 Å². The van der Waals surface area contributed by atoms with Crippen molar-refractivity contribution in [3.8, 4) is 0 Å². The zero-order valence-electron chi connectivity index (χ0n) is 14.4. The molecule has 1 aliphatic heterocycles. The molecule has 138 valence electrons. The lowest BCUT2D eigenvalue weighted by Gasteiger charge is -2.26. The van der Waals surface area contributed by atoms with Gasteiger partial charge in [0.2, 0.25) is 0 Å². The van der Waals surface area contributed by atoms with Gasteiger partial charge in [-0.3, -0.25) is 0 Å². The maximum absolute atomic E-state index is 12.1. The first-order chi connectivity index (χ1) is 12.4. The fourth-order valence-corrected chi connectivity index (χ4v) is 2.45. The van der Waals surface area contributed by atoms with Crippen molar-refractivity contribution >= 4 is 35.6 Å². The van der Waals surface area contributed by atoms with Crippen LogP contribution in [0.1, 0.15) is 19.4 Å². The predicted octanol–water partition coefficient (Wildman–Crippen LogP) is 2.41. The lowest BCUT2D eigenvalue weighted by Crippen LogP contribution is -2.50. The summed E-state index contributed by atoms with van der Waals surface area (Å²) in [6.07, 6.45) is 2.82. The number of benzene rings is 1. The number of nitrogens with one attached hydrogen (secondary N) is 2. The van der Waals surface area contributed by atoms with E-state index in [-0.39, 0.29) is 24.5 Å². The molecule has 1 aliphatic rings. The highest BCUT2D eigenvalue weighted by Crippen LogP contribution is 2.15. The standard InChI is InChI=1S/C18H19ClN2O5/c1-3-25-17(23)16-11(2)20-18(24)21-14(16)10-26-15(22)9-6-12-4-7-13(19)8-5-12/h4-9,11H,3,10H2,1-2H3,(H2,20,21,24)/b9-6+/t11-/m0/s1.